The van der Waals surface area contributed by atoms with Crippen LogP contribution in [0.4, 0.5) is 0 Å². The predicted octanol–water partition coefficient (Wildman–Crippen LogP) is 4.29. The van der Waals surface area contributed by atoms with Crippen LogP contribution in [0.3, 0.4) is 0 Å². The fourth-order valence-corrected chi connectivity index (χ4v) is 13.0. The van der Waals surface area contributed by atoms with Gasteiger partial charge < -0.3 is 9.47 Å². The Balaban J connectivity index is 1.30. The van der Waals surface area contributed by atoms with E-state index in [-0.39, 0.29) is 58.1 Å². The van der Waals surface area contributed by atoms with Gasteiger partial charge in [0.15, 0.2) is 16.6 Å². The van der Waals surface area contributed by atoms with E-state index >= 15 is 4.79 Å². The van der Waals surface area contributed by atoms with Gasteiger partial charge in [0.1, 0.15) is 0 Å². The number of carbonyl (C=O) groups excluding carboxylic acids is 4. The van der Waals surface area contributed by atoms with Gasteiger partial charge in [0.25, 0.3) is 10.0 Å². The molecule has 0 unspecified atom stereocenters. The van der Waals surface area contributed by atoms with Crippen LogP contribution >= 0.6 is 0 Å². The summed E-state index contributed by atoms with van der Waals surface area (Å²) in [5.41, 5.74) is -3.35. The highest BCUT2D eigenvalue weighted by molar-refractivity contribution is 7.91. The van der Waals surface area contributed by atoms with E-state index in [1.165, 1.54) is 17.1 Å². The Morgan fingerprint density at radius 1 is 1.00 bits per heavy atom. The first-order valence-electron chi connectivity index (χ1n) is 19.2. The molecule has 2 heterocycles. The van der Waals surface area contributed by atoms with E-state index in [4.69, 9.17) is 0 Å². The number of likely N-dealkylation sites (tertiary alicyclic amines) is 1. The molecule has 6 atom stereocenters. The Labute approximate surface area is 321 Å². The third-order valence-corrected chi connectivity index (χ3v) is 17.3. The summed E-state index contributed by atoms with van der Waals surface area (Å²) >= 11 is 0. The number of Topliss-reactive ketones (excluding diaryl/α,β-unsaturated/α-hetero) is 2. The third kappa shape index (κ3) is 6.51. The van der Waals surface area contributed by atoms with Gasteiger partial charge >= 0.3 is 0 Å². The average Bonchev–Trinajstić information content (AvgIpc) is 3.95. The van der Waals surface area contributed by atoms with Crippen LogP contribution in [0.1, 0.15) is 113 Å². The van der Waals surface area contributed by atoms with Gasteiger partial charge in [-0.1, -0.05) is 67.9 Å². The van der Waals surface area contributed by atoms with Gasteiger partial charge in [0, 0.05) is 44.0 Å². The van der Waals surface area contributed by atoms with Crippen molar-refractivity contribution in [3.63, 3.8) is 0 Å². The normalized spacial score (nSPS) is 29.7. The lowest BCUT2D eigenvalue weighted by Crippen LogP contribution is -2.52. The van der Waals surface area contributed by atoms with E-state index in [2.05, 4.69) is 34.9 Å². The quantitative estimate of drug-likeness (QED) is 0.260. The van der Waals surface area contributed by atoms with E-state index < -0.39 is 71.2 Å². The minimum atomic E-state index is -4.18. The van der Waals surface area contributed by atoms with Gasteiger partial charge in [-0.25, -0.2) is 21.8 Å². The summed E-state index contributed by atoms with van der Waals surface area (Å²) in [6.07, 6.45) is 8.57. The average molecular weight is 790 g/mol. The Hall–Kier alpha value is -2.91. The number of nitrogens with one attached hydrogen (secondary N) is 2. The number of nitrogens with zero attached hydrogens (tertiary/aromatic N) is 3. The maximum Gasteiger partial charge on any atom is 0.260 e. The van der Waals surface area contributed by atoms with E-state index in [1.807, 2.05) is 20.8 Å². The molecular weight excluding hydrogens is 731 g/mol. The molecule has 0 radical (unpaired) electrons. The summed E-state index contributed by atoms with van der Waals surface area (Å²) in [5, 5.41) is -0.823. The van der Waals surface area contributed by atoms with Crippen LogP contribution in [0.2, 0.25) is 0 Å². The van der Waals surface area contributed by atoms with Crippen LogP contribution in [-0.2, 0) is 46.3 Å². The molecule has 5 aliphatic rings. The second-order valence-corrected chi connectivity index (χ2v) is 23.4. The topological polar surface area (TPSA) is 182 Å². The zero-order chi connectivity index (χ0) is 40.2. The minimum absolute atomic E-state index is 0.0155. The Morgan fingerprint density at radius 2 is 1.63 bits per heavy atom. The van der Waals surface area contributed by atoms with E-state index in [1.54, 1.807) is 38.8 Å². The molecule has 4 saturated carbocycles. The van der Waals surface area contributed by atoms with Gasteiger partial charge in [-0.15, -0.1) is 6.58 Å². The number of ketones is 2. The molecule has 6 rings (SSSR count). The number of hydrogen-bond acceptors (Lipinski definition) is 9. The van der Waals surface area contributed by atoms with Gasteiger partial charge in [-0.3, -0.25) is 23.9 Å². The number of rotatable bonds is 14. The van der Waals surface area contributed by atoms with Crippen LogP contribution in [-0.4, -0.2) is 78.5 Å². The van der Waals surface area contributed by atoms with Gasteiger partial charge in [-0.05, 0) is 66.1 Å². The van der Waals surface area contributed by atoms with Crippen molar-refractivity contribution in [1.82, 2.24) is 23.9 Å². The molecule has 2 spiro atoms. The first-order chi connectivity index (χ1) is 24.7. The number of sulfonamides is 2. The molecule has 15 heteroatoms. The summed E-state index contributed by atoms with van der Waals surface area (Å²) in [4.78, 5) is 63.3. The first-order valence-corrected chi connectivity index (χ1v) is 22.3. The molecule has 54 heavy (non-hydrogen) atoms. The molecule has 0 bridgehead atoms. The van der Waals surface area contributed by atoms with Crippen molar-refractivity contribution in [3.05, 3.63) is 25.2 Å². The molecule has 4 aliphatic carbocycles. The zero-order valence-corrected chi connectivity index (χ0v) is 35.0. The highest BCUT2D eigenvalue weighted by Gasteiger charge is 2.85. The molecule has 2 amide bonds. The number of aromatic nitrogens is 2. The number of aryl methyl sites for hydroxylation is 1. The molecule has 1 aromatic heterocycles. The standard InChI is InChI=1S/C39H59N5O8S2/c1-11-24-18-37(24,33(48)42-53(49,50)25-13-14-25)20-29(46)27-19-39(36(8,9)38(39)15-12-16-38)22-44(27)32(47)26(34(2,3)4)17-28(45)31(35(5,6)7)41-54(51,52)30-21-43(10)23-40-30/h11,21,23-27,31,41H,1,12-20,22H2,2-10H3,(H,42,48)/t24-,26-,27+,31-,37-,39-/m1/s1. The van der Waals surface area contributed by atoms with Gasteiger partial charge in [0.2, 0.25) is 21.8 Å². The molecule has 13 nitrogen and oxygen atoms in total. The molecule has 2 N–H and O–H groups in total. The Kier molecular flexibility index (Phi) is 9.66. The van der Waals surface area contributed by atoms with Crippen molar-refractivity contribution >= 4 is 43.4 Å². The summed E-state index contributed by atoms with van der Waals surface area (Å²) in [6.45, 7) is 19.5. The van der Waals surface area contributed by atoms with Gasteiger partial charge in [0.05, 0.1) is 29.1 Å². The summed E-state index contributed by atoms with van der Waals surface area (Å²) in [7, 11) is -6.39. The second-order valence-electron chi connectivity index (χ2n) is 19.7. The number of hydrogen-bond donors (Lipinski definition) is 2. The van der Waals surface area contributed by atoms with Crippen molar-refractivity contribution in [2.45, 2.75) is 136 Å². The Morgan fingerprint density at radius 3 is 2.07 bits per heavy atom. The largest absolute Gasteiger partial charge is 0.339 e. The van der Waals surface area contributed by atoms with Gasteiger partial charge in [-0.2, -0.15) is 4.72 Å². The lowest BCUT2D eigenvalue weighted by atomic mass is 9.73. The number of fused-ring (bicyclic) bond motifs is 1. The SMILES string of the molecule is C=C[C@@H]1C[C@]1(CC(=O)[C@@H]1C[C@@]2(CN1C(=O)[C@@H](CC(=O)[C@@H](NS(=O)(=O)c1cn(C)cn1)C(C)(C)C)C(C)(C)C)C(C)(C)C21CCC1)C(=O)NS(=O)(=O)C1CC1. The summed E-state index contributed by atoms with van der Waals surface area (Å²) in [6, 6.07) is -2.05. The maximum absolute atomic E-state index is 15.1. The second kappa shape index (κ2) is 12.8. The minimum Gasteiger partial charge on any atom is -0.339 e. The number of allylic oxidation sites excluding steroid dienone is 1. The summed E-state index contributed by atoms with van der Waals surface area (Å²) < 4.78 is 58.7. The van der Waals surface area contributed by atoms with E-state index in [9.17, 15) is 31.2 Å². The van der Waals surface area contributed by atoms with Crippen molar-refractivity contribution in [2.75, 3.05) is 6.54 Å². The van der Waals surface area contributed by atoms with Crippen molar-refractivity contribution in [1.29, 1.82) is 0 Å². The number of amides is 2. The van der Waals surface area contributed by atoms with Crippen LogP contribution in [0, 0.1) is 44.3 Å². The van der Waals surface area contributed by atoms with Crippen LogP contribution in [0.5, 0.6) is 0 Å². The van der Waals surface area contributed by atoms with E-state index in [0.29, 0.717) is 25.8 Å². The lowest BCUT2D eigenvalue weighted by Gasteiger charge is -2.37. The van der Waals surface area contributed by atoms with Crippen molar-refractivity contribution in [2.24, 2.45) is 51.4 Å². The molecule has 1 aliphatic heterocycles. The molecule has 300 valence electrons. The first kappa shape index (κ1) is 40.7. The Bertz CT molecular complexity index is 1980. The predicted molar refractivity (Wildman–Crippen MR) is 202 cm³/mol. The fraction of sp³-hybridized carbons (Fsp3) is 0.769. The van der Waals surface area contributed by atoms with Crippen LogP contribution in [0.15, 0.2) is 30.2 Å². The van der Waals surface area contributed by atoms with E-state index in [0.717, 1.165) is 19.3 Å². The molecule has 5 fully saturated rings. The van der Waals surface area contributed by atoms with Crippen molar-refractivity contribution < 1.29 is 36.0 Å². The van der Waals surface area contributed by atoms with Crippen LogP contribution < -0.4 is 9.44 Å². The molecule has 1 saturated heterocycles. The number of carbonyl (C=O) groups is 4. The third-order valence-electron chi connectivity index (χ3n) is 14.2. The lowest BCUT2D eigenvalue weighted by molar-refractivity contribution is -0.146. The van der Waals surface area contributed by atoms with Crippen LogP contribution in [0.25, 0.3) is 0 Å². The molecule has 0 aromatic carbocycles. The fourth-order valence-electron chi connectivity index (χ4n) is 10.2. The van der Waals surface area contributed by atoms with Crippen molar-refractivity contribution in [3.8, 4) is 0 Å². The molecular formula is C39H59N5O8S2. The highest BCUT2D eigenvalue weighted by Crippen LogP contribution is 2.88. The molecule has 1 aromatic rings. The summed E-state index contributed by atoms with van der Waals surface area (Å²) in [5.74, 6) is -3.07. The maximum atomic E-state index is 15.1. The monoisotopic (exact) mass is 789 g/mol. The zero-order valence-electron chi connectivity index (χ0n) is 33.3. The smallest absolute Gasteiger partial charge is 0.260 e. The highest BCUT2D eigenvalue weighted by atomic mass is 32.2. The number of imidazole rings is 1.